The highest BCUT2D eigenvalue weighted by Gasteiger charge is 2.34. The van der Waals surface area contributed by atoms with Crippen molar-refractivity contribution in [1.82, 2.24) is 9.13 Å². The van der Waals surface area contributed by atoms with Crippen LogP contribution in [0.3, 0.4) is 0 Å². The van der Waals surface area contributed by atoms with Crippen molar-refractivity contribution >= 4 is 156 Å². The molecule has 0 amide bonds. The van der Waals surface area contributed by atoms with Gasteiger partial charge in [-0.3, -0.25) is 0 Å². The van der Waals surface area contributed by atoms with Gasteiger partial charge >= 0.3 is 0 Å². The van der Waals surface area contributed by atoms with Gasteiger partial charge in [-0.2, -0.15) is 5.26 Å². The van der Waals surface area contributed by atoms with Crippen LogP contribution in [0.5, 0.6) is 0 Å². The van der Waals surface area contributed by atoms with Gasteiger partial charge in [-0.05, 0) is 47.5 Å². The van der Waals surface area contributed by atoms with Crippen molar-refractivity contribution in [3.05, 3.63) is 223 Å². The highest BCUT2D eigenvalue weighted by atomic mass is 32.1. The number of nitriles is 1. The van der Waals surface area contributed by atoms with Crippen LogP contribution >= 0.6 is 22.7 Å². The maximum atomic E-state index is 12.5. The van der Waals surface area contributed by atoms with E-state index >= 15 is 0 Å². The van der Waals surface area contributed by atoms with Crippen LogP contribution in [0, 0.1) is 17.9 Å². The zero-order valence-electron chi connectivity index (χ0n) is 40.1. The third-order valence-corrected chi connectivity index (χ3v) is 18.2. The molecule has 0 aliphatic heterocycles. The summed E-state index contributed by atoms with van der Waals surface area (Å²) in [5.41, 5.74) is 11.5. The Bertz CT molecular complexity index is 5170. The molecule has 6 nitrogen and oxygen atoms in total. The smallest absolute Gasteiger partial charge is 0.221 e. The summed E-state index contributed by atoms with van der Waals surface area (Å²) in [5.74, 6) is 0. The van der Waals surface area contributed by atoms with E-state index in [4.69, 9.17) is 13.7 Å². The quantitative estimate of drug-likeness (QED) is 0.165. The SMILES string of the molecule is [C-]#[N+]c1c(-c2ccccc2)c(-n2c3c(ccc4c5ccccc5oc43)c3ccc4c5ccccc5oc4c32)c(-c2ccccc2)c(C#N)c1-n1c2c(ccc3c4ccccc4sc32)c2ccc3c4ccccc4sc3c21. The molecule has 0 bridgehead atoms. The topological polar surface area (TPSA) is 64.3 Å². The lowest BCUT2D eigenvalue weighted by atomic mass is 9.88. The Hall–Kier alpha value is -9.96. The van der Waals surface area contributed by atoms with E-state index in [1.807, 2.05) is 72.8 Å². The molecule has 0 spiro atoms. The Labute approximate surface area is 439 Å². The van der Waals surface area contributed by atoms with Crippen LogP contribution in [-0.2, 0) is 0 Å². The third-order valence-electron chi connectivity index (χ3n) is 15.8. The zero-order valence-corrected chi connectivity index (χ0v) is 41.7. The number of fused-ring (bicyclic) bond motifs is 22. The van der Waals surface area contributed by atoms with E-state index in [2.05, 4.69) is 149 Å². The highest BCUT2D eigenvalue weighted by Crippen LogP contribution is 2.56. The van der Waals surface area contributed by atoms with Crippen LogP contribution < -0.4 is 0 Å². The molecule has 0 unspecified atom stereocenters. The van der Waals surface area contributed by atoms with Gasteiger partial charge < -0.3 is 18.0 Å². The number of thiophene rings is 2. The van der Waals surface area contributed by atoms with E-state index in [0.29, 0.717) is 44.9 Å². The van der Waals surface area contributed by atoms with E-state index in [1.54, 1.807) is 22.7 Å². The molecule has 0 atom stereocenters. The summed E-state index contributed by atoms with van der Waals surface area (Å²) in [4.78, 5) is 4.75. The van der Waals surface area contributed by atoms with Crippen molar-refractivity contribution < 1.29 is 8.83 Å². The number of rotatable bonds is 4. The van der Waals surface area contributed by atoms with Crippen molar-refractivity contribution in [2.24, 2.45) is 0 Å². The molecular weight excluding hydrogens is 969 g/mol. The number of benzene rings is 11. The first-order valence-corrected chi connectivity index (χ1v) is 26.8. The highest BCUT2D eigenvalue weighted by molar-refractivity contribution is 7.27. The minimum atomic E-state index is 0.357. The molecule has 6 aromatic heterocycles. The van der Waals surface area contributed by atoms with Gasteiger partial charge in [0, 0.05) is 85.2 Å². The van der Waals surface area contributed by atoms with Gasteiger partial charge in [0.2, 0.25) is 5.69 Å². The average Bonchev–Trinajstić information content (AvgIpc) is 4.40. The van der Waals surface area contributed by atoms with E-state index in [-0.39, 0.29) is 0 Å². The minimum absolute atomic E-state index is 0.357. The molecule has 0 radical (unpaired) electrons. The number of nitrogens with zero attached hydrogens (tertiary/aromatic N) is 4. The molecule has 0 aliphatic carbocycles. The number of furan rings is 2. The van der Waals surface area contributed by atoms with Gasteiger partial charge in [0.15, 0.2) is 11.2 Å². The van der Waals surface area contributed by atoms with E-state index in [0.717, 1.165) is 108 Å². The fourth-order valence-electron chi connectivity index (χ4n) is 12.7. The van der Waals surface area contributed by atoms with Crippen molar-refractivity contribution in [3.8, 4) is 39.7 Å². The molecule has 76 heavy (non-hydrogen) atoms. The van der Waals surface area contributed by atoms with Crippen molar-refractivity contribution in [3.63, 3.8) is 0 Å². The third kappa shape index (κ3) is 5.35. The van der Waals surface area contributed by atoms with Gasteiger partial charge in [0.25, 0.3) is 0 Å². The van der Waals surface area contributed by atoms with Crippen LogP contribution in [0.15, 0.2) is 215 Å². The largest absolute Gasteiger partial charge is 0.454 e. The molecule has 350 valence electrons. The van der Waals surface area contributed by atoms with Gasteiger partial charge in [-0.1, -0.05) is 170 Å². The lowest BCUT2D eigenvalue weighted by molar-refractivity contribution is 0.669. The lowest BCUT2D eigenvalue weighted by Crippen LogP contribution is -2.08. The second kappa shape index (κ2) is 15.3. The maximum absolute atomic E-state index is 12.5. The van der Waals surface area contributed by atoms with Gasteiger partial charge in [0.1, 0.15) is 17.2 Å². The molecule has 0 N–H and O–H groups in total. The number of hydrogen-bond acceptors (Lipinski definition) is 5. The Balaban J connectivity index is 1.17. The molecule has 6 heterocycles. The van der Waals surface area contributed by atoms with Crippen molar-refractivity contribution in [2.45, 2.75) is 0 Å². The van der Waals surface area contributed by atoms with E-state index in [1.165, 1.54) is 20.2 Å². The van der Waals surface area contributed by atoms with Crippen LogP contribution in [0.4, 0.5) is 5.69 Å². The fraction of sp³-hybridized carbons (Fsp3) is 0. The molecule has 8 heteroatoms. The Morgan fingerprint density at radius 3 is 1.26 bits per heavy atom. The van der Waals surface area contributed by atoms with Gasteiger partial charge in [-0.25, -0.2) is 4.85 Å². The molecule has 17 aromatic rings. The van der Waals surface area contributed by atoms with Crippen LogP contribution in [0.1, 0.15) is 5.56 Å². The van der Waals surface area contributed by atoms with E-state index in [9.17, 15) is 11.8 Å². The summed E-state index contributed by atoms with van der Waals surface area (Å²) < 4.78 is 23.3. The van der Waals surface area contributed by atoms with Crippen LogP contribution in [-0.4, -0.2) is 9.13 Å². The Morgan fingerprint density at radius 1 is 0.382 bits per heavy atom. The molecular formula is C68H34N4O2S2. The van der Waals surface area contributed by atoms with Crippen molar-refractivity contribution in [1.29, 1.82) is 5.26 Å². The first-order valence-electron chi connectivity index (χ1n) is 25.2. The normalized spacial score (nSPS) is 12.2. The first kappa shape index (κ1) is 41.5. The molecule has 0 saturated carbocycles. The first-order chi connectivity index (χ1) is 37.7. The summed E-state index contributed by atoms with van der Waals surface area (Å²) in [6.45, 7) is 9.76. The zero-order chi connectivity index (χ0) is 49.9. The monoisotopic (exact) mass is 1000 g/mol. The Morgan fingerprint density at radius 2 is 0.776 bits per heavy atom. The number of hydrogen-bond donors (Lipinski definition) is 0. The Kier molecular flexibility index (Phi) is 8.36. The lowest BCUT2D eigenvalue weighted by Gasteiger charge is -2.25. The standard InChI is InChI=1S/C68H34N4O2S2/c1-70-58-57(38-18-6-3-7-19-38)64(72-60-43(28-32-47-39-20-8-12-24-52(39)73-65(47)60)44-29-33-48-40-21-9-13-25-53(40)74-66(48)61(44)72)56(37-16-4-2-5-17-37)51(36-69)59(58)71-62-45(30-34-49-41-22-10-14-26-54(41)75-67(49)62)46-31-35-50-42-23-11-15-27-55(42)76-68(50)63(46)71/h2-35H. The molecule has 0 saturated heterocycles. The number of aromatic nitrogens is 2. The summed E-state index contributed by atoms with van der Waals surface area (Å²) in [5, 5.41) is 25.1. The number of para-hydroxylation sites is 2. The molecule has 0 aliphatic rings. The summed E-state index contributed by atoms with van der Waals surface area (Å²) in [6.07, 6.45) is 0. The molecule has 17 rings (SSSR count). The van der Waals surface area contributed by atoms with Crippen LogP contribution in [0.25, 0.3) is 166 Å². The summed E-state index contributed by atoms with van der Waals surface area (Å²) in [7, 11) is 0. The predicted octanol–water partition coefficient (Wildman–Crippen LogP) is 20.2. The summed E-state index contributed by atoms with van der Waals surface area (Å²) >= 11 is 3.52. The predicted molar refractivity (Wildman–Crippen MR) is 317 cm³/mol. The average molecular weight is 1000 g/mol. The van der Waals surface area contributed by atoms with Crippen LogP contribution in [0.2, 0.25) is 0 Å². The van der Waals surface area contributed by atoms with E-state index < -0.39 is 0 Å². The fourth-order valence-corrected chi connectivity index (χ4v) is 15.1. The van der Waals surface area contributed by atoms with Gasteiger partial charge in [0.05, 0.1) is 55.0 Å². The van der Waals surface area contributed by atoms with Crippen molar-refractivity contribution in [2.75, 3.05) is 0 Å². The molecule has 0 fully saturated rings. The molecule has 11 aromatic carbocycles. The van der Waals surface area contributed by atoms with Gasteiger partial charge in [-0.15, -0.1) is 22.7 Å². The maximum Gasteiger partial charge on any atom is 0.221 e. The second-order valence-electron chi connectivity index (χ2n) is 19.5. The summed E-state index contributed by atoms with van der Waals surface area (Å²) in [6, 6.07) is 74.7. The second-order valence-corrected chi connectivity index (χ2v) is 21.6. The minimum Gasteiger partial charge on any atom is -0.454 e.